The van der Waals surface area contributed by atoms with Crippen LogP contribution in [0.3, 0.4) is 0 Å². The van der Waals surface area contributed by atoms with Crippen LogP contribution in [0.15, 0.2) is 48.5 Å². The Morgan fingerprint density at radius 1 is 0.960 bits per heavy atom. The van der Waals surface area contributed by atoms with Gasteiger partial charge in [-0.3, -0.25) is 0 Å². The first kappa shape index (κ1) is 18.0. The van der Waals surface area contributed by atoms with E-state index in [1.54, 1.807) is 0 Å². The van der Waals surface area contributed by atoms with E-state index >= 15 is 0 Å². The molecule has 0 amide bonds. The Balaban J connectivity index is 1.45. The van der Waals surface area contributed by atoms with Crippen LogP contribution in [0.2, 0.25) is 0 Å². The zero-order valence-corrected chi connectivity index (χ0v) is 15.6. The van der Waals surface area contributed by atoms with Crippen molar-refractivity contribution >= 4 is 0 Å². The molecular weight excluding hydrogens is 308 g/mol. The van der Waals surface area contributed by atoms with Gasteiger partial charge >= 0.3 is 0 Å². The molecule has 2 aromatic carbocycles. The summed E-state index contributed by atoms with van der Waals surface area (Å²) in [4.78, 5) is 4.99. The Labute approximate surface area is 152 Å². The summed E-state index contributed by atoms with van der Waals surface area (Å²) in [5, 5.41) is 0. The number of ether oxygens (including phenoxy) is 1. The molecule has 3 heteroatoms. The summed E-state index contributed by atoms with van der Waals surface area (Å²) in [7, 11) is 2.21. The first-order chi connectivity index (χ1) is 12.2. The number of rotatable bonds is 7. The van der Waals surface area contributed by atoms with Crippen LogP contribution in [0.1, 0.15) is 23.1 Å². The van der Waals surface area contributed by atoms with Crippen molar-refractivity contribution in [1.82, 2.24) is 9.80 Å². The Morgan fingerprint density at radius 3 is 2.56 bits per heavy atom. The lowest BCUT2D eigenvalue weighted by atomic mass is 10.1. The van der Waals surface area contributed by atoms with Crippen molar-refractivity contribution in [2.75, 3.05) is 39.8 Å². The Hall–Kier alpha value is -1.84. The Bertz CT molecular complexity index is 663. The third-order valence-corrected chi connectivity index (χ3v) is 5.09. The standard InChI is InChI=1S/C22H30N2O/c1-19-7-3-4-10-21(19)18-25-22-11-5-8-20(17-22)9-6-12-24-15-13-23(2)14-16-24/h3-5,7-8,10-11,17H,6,9,12-16,18H2,1-2H3. The zero-order valence-electron chi connectivity index (χ0n) is 15.6. The third kappa shape index (κ3) is 5.58. The van der Waals surface area contributed by atoms with E-state index in [0.29, 0.717) is 6.61 Å². The summed E-state index contributed by atoms with van der Waals surface area (Å²) < 4.78 is 6.01. The lowest BCUT2D eigenvalue weighted by Gasteiger charge is -2.32. The third-order valence-electron chi connectivity index (χ3n) is 5.09. The highest BCUT2D eigenvalue weighted by molar-refractivity contribution is 5.30. The molecule has 0 spiro atoms. The van der Waals surface area contributed by atoms with Crippen molar-refractivity contribution in [1.29, 1.82) is 0 Å². The lowest BCUT2D eigenvalue weighted by Crippen LogP contribution is -2.44. The molecule has 0 N–H and O–H groups in total. The summed E-state index contributed by atoms with van der Waals surface area (Å²) in [6, 6.07) is 17.0. The molecule has 134 valence electrons. The van der Waals surface area contributed by atoms with E-state index in [2.05, 4.69) is 72.3 Å². The molecular formula is C22H30N2O. The van der Waals surface area contributed by atoms with Gasteiger partial charge in [0.25, 0.3) is 0 Å². The molecule has 0 atom stereocenters. The van der Waals surface area contributed by atoms with E-state index in [0.717, 1.165) is 12.2 Å². The number of piperazine rings is 1. The van der Waals surface area contributed by atoms with Crippen LogP contribution < -0.4 is 4.74 Å². The number of aryl methyl sites for hydroxylation is 2. The minimum atomic E-state index is 0.636. The highest BCUT2D eigenvalue weighted by atomic mass is 16.5. The average Bonchev–Trinajstić information content (AvgIpc) is 2.63. The molecule has 25 heavy (non-hydrogen) atoms. The van der Waals surface area contributed by atoms with E-state index in [1.165, 1.54) is 55.8 Å². The molecule has 2 aromatic rings. The minimum absolute atomic E-state index is 0.636. The Morgan fingerprint density at radius 2 is 1.76 bits per heavy atom. The maximum absolute atomic E-state index is 6.01. The molecule has 0 unspecified atom stereocenters. The number of hydrogen-bond donors (Lipinski definition) is 0. The largest absolute Gasteiger partial charge is 0.489 e. The van der Waals surface area contributed by atoms with Crippen LogP contribution >= 0.6 is 0 Å². The van der Waals surface area contributed by atoms with Crippen LogP contribution in [-0.4, -0.2) is 49.6 Å². The van der Waals surface area contributed by atoms with Gasteiger partial charge in [0.05, 0.1) is 0 Å². The van der Waals surface area contributed by atoms with Gasteiger partial charge in [0.15, 0.2) is 0 Å². The Kier molecular flexibility index (Phi) is 6.48. The smallest absolute Gasteiger partial charge is 0.120 e. The van der Waals surface area contributed by atoms with E-state index in [1.807, 2.05) is 0 Å². The maximum Gasteiger partial charge on any atom is 0.120 e. The van der Waals surface area contributed by atoms with Crippen LogP contribution in [-0.2, 0) is 13.0 Å². The second kappa shape index (κ2) is 9.02. The predicted octanol–water partition coefficient (Wildman–Crippen LogP) is 3.75. The van der Waals surface area contributed by atoms with Crippen molar-refractivity contribution < 1.29 is 4.74 Å². The van der Waals surface area contributed by atoms with Gasteiger partial charge in [0, 0.05) is 26.2 Å². The molecule has 3 nitrogen and oxygen atoms in total. The first-order valence-electron chi connectivity index (χ1n) is 9.38. The van der Waals surface area contributed by atoms with Gasteiger partial charge in [-0.15, -0.1) is 0 Å². The fourth-order valence-electron chi connectivity index (χ4n) is 3.30. The molecule has 0 radical (unpaired) electrons. The second-order valence-corrected chi connectivity index (χ2v) is 7.11. The normalized spacial score (nSPS) is 16.1. The number of nitrogens with zero attached hydrogens (tertiary/aromatic N) is 2. The zero-order chi connectivity index (χ0) is 17.5. The fraction of sp³-hybridized carbons (Fsp3) is 0.455. The van der Waals surface area contributed by atoms with Crippen molar-refractivity contribution in [3.8, 4) is 5.75 Å². The monoisotopic (exact) mass is 338 g/mol. The second-order valence-electron chi connectivity index (χ2n) is 7.11. The van der Waals surface area contributed by atoms with Gasteiger partial charge in [-0.05, 0) is 62.2 Å². The van der Waals surface area contributed by atoms with Crippen molar-refractivity contribution in [2.24, 2.45) is 0 Å². The molecule has 1 saturated heterocycles. The van der Waals surface area contributed by atoms with Gasteiger partial charge in [-0.25, -0.2) is 0 Å². The highest BCUT2D eigenvalue weighted by Crippen LogP contribution is 2.17. The topological polar surface area (TPSA) is 15.7 Å². The van der Waals surface area contributed by atoms with E-state index in [9.17, 15) is 0 Å². The number of benzene rings is 2. The van der Waals surface area contributed by atoms with Crippen molar-refractivity contribution in [2.45, 2.75) is 26.4 Å². The predicted molar refractivity (Wildman–Crippen MR) is 104 cm³/mol. The summed E-state index contributed by atoms with van der Waals surface area (Å²) in [6.07, 6.45) is 2.33. The van der Waals surface area contributed by atoms with Crippen molar-refractivity contribution in [3.63, 3.8) is 0 Å². The average molecular weight is 338 g/mol. The van der Waals surface area contributed by atoms with Crippen LogP contribution in [0.5, 0.6) is 5.75 Å². The molecule has 1 fully saturated rings. The van der Waals surface area contributed by atoms with Crippen LogP contribution in [0, 0.1) is 6.92 Å². The van der Waals surface area contributed by atoms with E-state index in [4.69, 9.17) is 4.74 Å². The van der Waals surface area contributed by atoms with E-state index in [-0.39, 0.29) is 0 Å². The molecule has 1 heterocycles. The van der Waals surface area contributed by atoms with Gasteiger partial charge in [-0.2, -0.15) is 0 Å². The molecule has 1 aliphatic rings. The summed E-state index contributed by atoms with van der Waals surface area (Å²) in [5.41, 5.74) is 3.91. The van der Waals surface area contributed by atoms with Gasteiger partial charge in [-0.1, -0.05) is 36.4 Å². The SMILES string of the molecule is Cc1ccccc1COc1cccc(CCCN2CCN(C)CC2)c1. The lowest BCUT2D eigenvalue weighted by molar-refractivity contribution is 0.153. The maximum atomic E-state index is 6.01. The fourth-order valence-corrected chi connectivity index (χ4v) is 3.30. The molecule has 0 saturated carbocycles. The van der Waals surface area contributed by atoms with Gasteiger partial charge in [0.1, 0.15) is 12.4 Å². The minimum Gasteiger partial charge on any atom is -0.489 e. The number of likely N-dealkylation sites (N-methyl/N-ethyl adjacent to an activating group) is 1. The molecule has 0 aliphatic carbocycles. The quantitative estimate of drug-likeness (QED) is 0.765. The van der Waals surface area contributed by atoms with Crippen LogP contribution in [0.25, 0.3) is 0 Å². The molecule has 0 aromatic heterocycles. The van der Waals surface area contributed by atoms with Gasteiger partial charge < -0.3 is 14.5 Å². The highest BCUT2D eigenvalue weighted by Gasteiger charge is 2.12. The summed E-state index contributed by atoms with van der Waals surface area (Å²) in [5.74, 6) is 0.973. The molecule has 3 rings (SSSR count). The summed E-state index contributed by atoms with van der Waals surface area (Å²) in [6.45, 7) is 8.77. The molecule has 0 bridgehead atoms. The van der Waals surface area contributed by atoms with Crippen LogP contribution in [0.4, 0.5) is 0 Å². The van der Waals surface area contributed by atoms with Gasteiger partial charge in [0.2, 0.25) is 0 Å². The van der Waals surface area contributed by atoms with Crippen molar-refractivity contribution in [3.05, 3.63) is 65.2 Å². The number of hydrogen-bond acceptors (Lipinski definition) is 3. The first-order valence-corrected chi connectivity index (χ1v) is 9.38. The molecule has 1 aliphatic heterocycles. The summed E-state index contributed by atoms with van der Waals surface area (Å²) >= 11 is 0. The van der Waals surface area contributed by atoms with E-state index < -0.39 is 0 Å².